The van der Waals surface area contributed by atoms with E-state index in [0.717, 1.165) is 38.0 Å². The van der Waals surface area contributed by atoms with E-state index in [1.54, 1.807) is 13.1 Å². The zero-order chi connectivity index (χ0) is 20.1. The number of aliphatic hydroxyl groups is 1. The first-order chi connectivity index (χ1) is 13.3. The standard InChI is InChI=1S/C21H32N4O3/c1-16-4-5-18(14-22-16)20(27)25-10-3-8-21(28,9-13-25)15-24-11-6-19(7-12-24)23-17(2)26/h4-5,14,19,28H,3,6-13,15H2,1-2H3,(H,23,26)/t21-/m0/s1. The van der Waals surface area contributed by atoms with Crippen LogP contribution in [0.4, 0.5) is 0 Å². The molecule has 2 amide bonds. The van der Waals surface area contributed by atoms with Crippen molar-refractivity contribution in [1.82, 2.24) is 20.1 Å². The predicted octanol–water partition coefficient (Wildman–Crippen LogP) is 1.35. The van der Waals surface area contributed by atoms with Gasteiger partial charge in [-0.15, -0.1) is 0 Å². The number of rotatable bonds is 4. The normalized spacial score (nSPS) is 24.6. The van der Waals surface area contributed by atoms with Crippen LogP contribution in [-0.2, 0) is 4.79 Å². The summed E-state index contributed by atoms with van der Waals surface area (Å²) in [6.07, 6.45) is 5.55. The highest BCUT2D eigenvalue weighted by Gasteiger charge is 2.34. The summed E-state index contributed by atoms with van der Waals surface area (Å²) < 4.78 is 0. The van der Waals surface area contributed by atoms with E-state index in [-0.39, 0.29) is 17.9 Å². The van der Waals surface area contributed by atoms with Crippen LogP contribution in [0.5, 0.6) is 0 Å². The molecule has 2 fully saturated rings. The van der Waals surface area contributed by atoms with Crippen LogP contribution in [0.3, 0.4) is 0 Å². The van der Waals surface area contributed by atoms with Gasteiger partial charge in [0.05, 0.1) is 11.2 Å². The van der Waals surface area contributed by atoms with Crippen LogP contribution in [0, 0.1) is 6.92 Å². The Kier molecular flexibility index (Phi) is 6.67. The maximum absolute atomic E-state index is 12.7. The molecule has 0 aliphatic carbocycles. The van der Waals surface area contributed by atoms with Crippen LogP contribution >= 0.6 is 0 Å². The van der Waals surface area contributed by atoms with Crippen molar-refractivity contribution in [3.8, 4) is 0 Å². The van der Waals surface area contributed by atoms with Crippen LogP contribution in [0.25, 0.3) is 0 Å². The highest BCUT2D eigenvalue weighted by molar-refractivity contribution is 5.93. The van der Waals surface area contributed by atoms with Crippen molar-refractivity contribution in [3.05, 3.63) is 29.6 Å². The molecule has 2 saturated heterocycles. The molecule has 2 N–H and O–H groups in total. The molecule has 1 aromatic heterocycles. The number of β-amino-alcohol motifs (C(OH)–C–C–N with tert-alkyl or cyclic N) is 1. The molecule has 3 rings (SSSR count). The lowest BCUT2D eigenvalue weighted by Crippen LogP contribution is -2.50. The quantitative estimate of drug-likeness (QED) is 0.813. The summed E-state index contributed by atoms with van der Waals surface area (Å²) in [5.74, 6) is 0.0160. The van der Waals surface area contributed by atoms with Crippen LogP contribution in [0.2, 0.25) is 0 Å². The number of hydrogen-bond donors (Lipinski definition) is 2. The van der Waals surface area contributed by atoms with E-state index in [1.165, 1.54) is 0 Å². The van der Waals surface area contributed by atoms with Gasteiger partial charge in [0.1, 0.15) is 0 Å². The van der Waals surface area contributed by atoms with Crippen LogP contribution in [-0.4, -0.2) is 76.1 Å². The van der Waals surface area contributed by atoms with Gasteiger partial charge in [0.25, 0.3) is 5.91 Å². The van der Waals surface area contributed by atoms with Gasteiger partial charge < -0.3 is 20.2 Å². The maximum atomic E-state index is 12.7. The summed E-state index contributed by atoms with van der Waals surface area (Å²) in [6, 6.07) is 3.92. The molecule has 2 aliphatic rings. The second-order valence-electron chi connectivity index (χ2n) is 8.31. The fourth-order valence-corrected chi connectivity index (χ4v) is 4.26. The van der Waals surface area contributed by atoms with Crippen molar-refractivity contribution in [2.75, 3.05) is 32.7 Å². The Morgan fingerprint density at radius 3 is 2.61 bits per heavy atom. The minimum absolute atomic E-state index is 0.00660. The number of hydrogen-bond acceptors (Lipinski definition) is 5. The van der Waals surface area contributed by atoms with Gasteiger partial charge in [-0.25, -0.2) is 0 Å². The van der Waals surface area contributed by atoms with Crippen LogP contribution in [0.1, 0.15) is 55.1 Å². The Bertz CT molecular complexity index is 685. The third-order valence-corrected chi connectivity index (χ3v) is 5.88. The lowest BCUT2D eigenvalue weighted by Gasteiger charge is -2.38. The van der Waals surface area contributed by atoms with Gasteiger partial charge in [-0.3, -0.25) is 14.6 Å². The smallest absolute Gasteiger partial charge is 0.255 e. The lowest BCUT2D eigenvalue weighted by atomic mass is 9.93. The molecule has 7 heteroatoms. The number of nitrogens with one attached hydrogen (secondary N) is 1. The topological polar surface area (TPSA) is 85.8 Å². The molecule has 28 heavy (non-hydrogen) atoms. The third kappa shape index (κ3) is 5.52. The summed E-state index contributed by atoms with van der Waals surface area (Å²) >= 11 is 0. The highest BCUT2D eigenvalue weighted by atomic mass is 16.3. The number of amides is 2. The fraction of sp³-hybridized carbons (Fsp3) is 0.667. The Morgan fingerprint density at radius 2 is 1.96 bits per heavy atom. The minimum Gasteiger partial charge on any atom is -0.388 e. The van der Waals surface area contributed by atoms with Crippen LogP contribution in [0.15, 0.2) is 18.3 Å². The zero-order valence-corrected chi connectivity index (χ0v) is 17.0. The highest BCUT2D eigenvalue weighted by Crippen LogP contribution is 2.26. The van der Waals surface area contributed by atoms with Gasteiger partial charge in [-0.05, 0) is 51.2 Å². The summed E-state index contributed by atoms with van der Waals surface area (Å²) in [6.45, 7) is 7.08. The lowest BCUT2D eigenvalue weighted by molar-refractivity contribution is -0.120. The van der Waals surface area contributed by atoms with E-state index < -0.39 is 5.60 Å². The van der Waals surface area contributed by atoms with Crippen LogP contribution < -0.4 is 5.32 Å². The number of likely N-dealkylation sites (tertiary alicyclic amines) is 2. The molecule has 154 valence electrons. The molecule has 0 saturated carbocycles. The molecule has 0 unspecified atom stereocenters. The third-order valence-electron chi connectivity index (χ3n) is 5.88. The molecule has 2 aliphatic heterocycles. The van der Waals surface area contributed by atoms with Crippen molar-refractivity contribution in [1.29, 1.82) is 0 Å². The first-order valence-corrected chi connectivity index (χ1v) is 10.3. The second-order valence-corrected chi connectivity index (χ2v) is 8.31. The van der Waals surface area contributed by atoms with E-state index in [1.807, 2.05) is 24.0 Å². The average molecular weight is 389 g/mol. The summed E-state index contributed by atoms with van der Waals surface area (Å²) in [4.78, 5) is 32.3. The van der Waals surface area contributed by atoms with Crippen molar-refractivity contribution in [3.63, 3.8) is 0 Å². The number of pyridine rings is 1. The van der Waals surface area contributed by atoms with Crippen molar-refractivity contribution < 1.29 is 14.7 Å². The van der Waals surface area contributed by atoms with Gasteiger partial charge in [0.2, 0.25) is 5.91 Å². The van der Waals surface area contributed by atoms with Crippen molar-refractivity contribution >= 4 is 11.8 Å². The Balaban J connectivity index is 1.52. The van der Waals surface area contributed by atoms with Gasteiger partial charge >= 0.3 is 0 Å². The molecule has 0 radical (unpaired) electrons. The summed E-state index contributed by atoms with van der Waals surface area (Å²) in [5.41, 5.74) is 0.738. The number of carbonyl (C=O) groups is 2. The van der Waals surface area contributed by atoms with Crippen molar-refractivity contribution in [2.24, 2.45) is 0 Å². The van der Waals surface area contributed by atoms with E-state index in [0.29, 0.717) is 38.0 Å². The van der Waals surface area contributed by atoms with E-state index >= 15 is 0 Å². The monoisotopic (exact) mass is 388 g/mol. The van der Waals surface area contributed by atoms with E-state index in [2.05, 4.69) is 15.2 Å². The molecule has 1 atom stereocenters. The molecule has 0 spiro atoms. The largest absolute Gasteiger partial charge is 0.388 e. The SMILES string of the molecule is CC(=O)NC1CCN(C[C@]2(O)CCCN(C(=O)c3ccc(C)nc3)CC2)CC1. The number of carbonyl (C=O) groups excluding carboxylic acids is 2. The Hall–Kier alpha value is -1.99. The van der Waals surface area contributed by atoms with Crippen molar-refractivity contribution in [2.45, 2.75) is 57.6 Å². The molecule has 3 heterocycles. The number of aromatic nitrogens is 1. The first kappa shape index (κ1) is 20.7. The van der Waals surface area contributed by atoms with Gasteiger partial charge in [0, 0.05) is 57.6 Å². The number of piperidine rings is 1. The minimum atomic E-state index is -0.763. The van der Waals surface area contributed by atoms with Gasteiger partial charge in [0.15, 0.2) is 0 Å². The molecular weight excluding hydrogens is 356 g/mol. The zero-order valence-electron chi connectivity index (χ0n) is 17.0. The molecule has 1 aromatic rings. The summed E-state index contributed by atoms with van der Waals surface area (Å²) in [5, 5.41) is 14.1. The molecule has 7 nitrogen and oxygen atoms in total. The molecule has 0 bridgehead atoms. The fourth-order valence-electron chi connectivity index (χ4n) is 4.26. The van der Waals surface area contributed by atoms with E-state index in [4.69, 9.17) is 0 Å². The van der Waals surface area contributed by atoms with E-state index in [9.17, 15) is 14.7 Å². The second kappa shape index (κ2) is 9.01. The Labute approximate surface area is 167 Å². The summed E-state index contributed by atoms with van der Waals surface area (Å²) in [7, 11) is 0. The number of nitrogens with zero attached hydrogens (tertiary/aromatic N) is 3. The molecular formula is C21H32N4O3. The Morgan fingerprint density at radius 1 is 1.21 bits per heavy atom. The molecule has 0 aromatic carbocycles. The number of aryl methyl sites for hydroxylation is 1. The maximum Gasteiger partial charge on any atom is 0.255 e. The van der Waals surface area contributed by atoms with Gasteiger partial charge in [-0.1, -0.05) is 0 Å². The average Bonchev–Trinajstić information content (AvgIpc) is 2.85. The first-order valence-electron chi connectivity index (χ1n) is 10.3. The van der Waals surface area contributed by atoms with Gasteiger partial charge in [-0.2, -0.15) is 0 Å². The predicted molar refractivity (Wildman–Crippen MR) is 107 cm³/mol.